The van der Waals surface area contributed by atoms with E-state index in [-0.39, 0.29) is 6.61 Å². The number of fused-ring (bicyclic) bond motifs is 2. The van der Waals surface area contributed by atoms with Crippen molar-refractivity contribution in [2.24, 2.45) is 5.92 Å². The summed E-state index contributed by atoms with van der Waals surface area (Å²) >= 11 is 0. The van der Waals surface area contributed by atoms with Crippen molar-refractivity contribution < 1.29 is 33.4 Å². The Hall–Kier alpha value is -0.513. The van der Waals surface area contributed by atoms with E-state index in [1.807, 2.05) is 0 Å². The van der Waals surface area contributed by atoms with Crippen molar-refractivity contribution >= 4 is 14.8 Å². The first-order valence-electron chi connectivity index (χ1n) is 4.51. The quantitative estimate of drug-likeness (QED) is 0.470. The Bertz CT molecular complexity index is 285. The molecule has 3 N–H and O–H groups in total. The summed E-state index contributed by atoms with van der Waals surface area (Å²) in [5.74, 6) is -2.27. The maximum Gasteiger partial charge on any atom is 0.500 e. The van der Waals surface area contributed by atoms with E-state index in [9.17, 15) is 15.0 Å². The van der Waals surface area contributed by atoms with E-state index in [1.165, 1.54) is 0 Å². The molecule has 15 heavy (non-hydrogen) atoms. The fourth-order valence-electron chi connectivity index (χ4n) is 1.71. The highest BCUT2D eigenvalue weighted by molar-refractivity contribution is 6.59. The Balaban J connectivity index is 2.23. The maximum atomic E-state index is 10.8. The van der Waals surface area contributed by atoms with Crippen LogP contribution >= 0.6 is 0 Å². The Morgan fingerprint density at radius 1 is 1.40 bits per heavy atom. The minimum atomic E-state index is -2.95. The van der Waals surface area contributed by atoms with Crippen molar-refractivity contribution in [3.63, 3.8) is 0 Å². The monoisotopic (exact) mass is 236 g/mol. The van der Waals surface area contributed by atoms with Crippen LogP contribution < -0.4 is 0 Å². The van der Waals surface area contributed by atoms with Crippen LogP contribution in [0.25, 0.3) is 0 Å². The van der Waals surface area contributed by atoms with Gasteiger partial charge in [-0.2, -0.15) is 0 Å². The largest absolute Gasteiger partial charge is 0.500 e. The smallest absolute Gasteiger partial charge is 0.481 e. The van der Waals surface area contributed by atoms with Crippen LogP contribution in [0.2, 0.25) is 6.55 Å². The summed E-state index contributed by atoms with van der Waals surface area (Å²) < 4.78 is 15.5. The van der Waals surface area contributed by atoms with Gasteiger partial charge in [-0.1, -0.05) is 0 Å². The number of hydrogen-bond acceptors (Lipinski definition) is 6. The molecule has 2 rings (SSSR count). The van der Waals surface area contributed by atoms with E-state index < -0.39 is 39.2 Å². The van der Waals surface area contributed by atoms with Gasteiger partial charge < -0.3 is 28.6 Å². The number of rotatable bonds is 1. The summed E-state index contributed by atoms with van der Waals surface area (Å²) in [7, 11) is -2.95. The number of aliphatic hydroxyl groups is 2. The number of carboxylic acid groups (broad SMARTS) is 1. The number of aliphatic hydroxyl groups excluding tert-OH is 2. The fourth-order valence-corrected chi connectivity index (χ4v) is 3.71. The number of carboxylic acids is 1. The first kappa shape index (κ1) is 11.0. The molecular weight excluding hydrogens is 224 g/mol. The van der Waals surface area contributed by atoms with Crippen molar-refractivity contribution in [3.8, 4) is 0 Å². The Kier molecular flexibility index (Phi) is 2.57. The highest BCUT2D eigenvalue weighted by Crippen LogP contribution is 2.33. The van der Waals surface area contributed by atoms with Crippen LogP contribution in [0.5, 0.6) is 0 Å². The molecule has 2 fully saturated rings. The third-order valence-electron chi connectivity index (χ3n) is 2.56. The maximum absolute atomic E-state index is 10.8. The van der Waals surface area contributed by atoms with E-state index in [4.69, 9.17) is 18.4 Å². The van der Waals surface area contributed by atoms with Crippen LogP contribution in [-0.4, -0.2) is 55.2 Å². The van der Waals surface area contributed by atoms with Gasteiger partial charge in [-0.25, -0.2) is 0 Å². The molecule has 2 bridgehead atoms. The minimum Gasteiger partial charge on any atom is -0.481 e. The lowest BCUT2D eigenvalue weighted by Crippen LogP contribution is -2.45. The molecule has 0 saturated carbocycles. The van der Waals surface area contributed by atoms with Crippen LogP contribution in [0.1, 0.15) is 0 Å². The van der Waals surface area contributed by atoms with Crippen LogP contribution in [0, 0.1) is 5.92 Å². The molecule has 0 aromatic heterocycles. The van der Waals surface area contributed by atoms with Gasteiger partial charge in [0.25, 0.3) is 0 Å². The third kappa shape index (κ3) is 1.79. The Labute approximate surface area is 86.6 Å². The van der Waals surface area contributed by atoms with Crippen LogP contribution in [0.4, 0.5) is 0 Å². The molecule has 0 amide bonds. The van der Waals surface area contributed by atoms with Crippen molar-refractivity contribution in [3.05, 3.63) is 0 Å². The van der Waals surface area contributed by atoms with Crippen molar-refractivity contribution in [2.45, 2.75) is 25.0 Å². The van der Waals surface area contributed by atoms with Gasteiger partial charge in [0.1, 0.15) is 12.0 Å². The average molecular weight is 236 g/mol. The van der Waals surface area contributed by atoms with E-state index in [0.717, 1.165) is 0 Å². The van der Waals surface area contributed by atoms with Gasteiger partial charge in [-0.15, -0.1) is 0 Å². The molecule has 0 aliphatic carbocycles. The minimum absolute atomic E-state index is 0.164. The molecule has 0 aromatic carbocycles. The topological polar surface area (TPSA) is 105 Å². The fraction of sp³-hybridized carbons (Fsp3) is 0.857. The van der Waals surface area contributed by atoms with Crippen LogP contribution in [0.15, 0.2) is 0 Å². The van der Waals surface area contributed by atoms with Gasteiger partial charge in [0, 0.05) is 6.55 Å². The lowest BCUT2D eigenvalue weighted by atomic mass is 9.98. The molecule has 0 spiro atoms. The lowest BCUT2D eigenvalue weighted by Gasteiger charge is -2.24. The van der Waals surface area contributed by atoms with Crippen LogP contribution in [-0.2, 0) is 18.1 Å². The van der Waals surface area contributed by atoms with Gasteiger partial charge in [-0.3, -0.25) is 4.79 Å². The first-order valence-corrected chi connectivity index (χ1v) is 6.74. The molecule has 2 aliphatic rings. The molecule has 0 radical (unpaired) electrons. The van der Waals surface area contributed by atoms with Crippen molar-refractivity contribution in [1.82, 2.24) is 0 Å². The lowest BCUT2D eigenvalue weighted by molar-refractivity contribution is -0.155. The average Bonchev–Trinajstić information content (AvgIpc) is 2.33. The number of carbonyl (C=O) groups is 1. The molecule has 86 valence electrons. The third-order valence-corrected chi connectivity index (χ3v) is 4.62. The molecule has 2 heterocycles. The van der Waals surface area contributed by atoms with Crippen molar-refractivity contribution in [2.75, 3.05) is 6.61 Å². The van der Waals surface area contributed by atoms with E-state index in [0.29, 0.717) is 0 Å². The van der Waals surface area contributed by atoms with Crippen LogP contribution in [0.3, 0.4) is 0 Å². The molecule has 2 aliphatic heterocycles. The standard InChI is InChI=1S/C7H12O7Si/c1-15-12-2-3(6(9)10)4(8)5(13-15)7(11)14-15/h3-5,7-8,11H,2H2,1H3,(H,9,10). The molecule has 5 unspecified atom stereocenters. The molecule has 8 heteroatoms. The Morgan fingerprint density at radius 2 is 2.07 bits per heavy atom. The second-order valence-corrected chi connectivity index (χ2v) is 6.18. The molecule has 2 saturated heterocycles. The summed E-state index contributed by atoms with van der Waals surface area (Å²) in [6.45, 7) is 1.38. The summed E-state index contributed by atoms with van der Waals surface area (Å²) in [5.41, 5.74) is 0. The summed E-state index contributed by atoms with van der Waals surface area (Å²) in [6, 6.07) is 0. The number of hydrogen-bond donors (Lipinski definition) is 3. The first-order chi connectivity index (χ1) is 6.93. The summed E-state index contributed by atoms with van der Waals surface area (Å²) in [6.07, 6.45) is -3.68. The zero-order chi connectivity index (χ0) is 11.2. The second kappa shape index (κ2) is 3.51. The second-order valence-electron chi connectivity index (χ2n) is 3.70. The van der Waals surface area contributed by atoms with Gasteiger partial charge in [-0.05, 0) is 0 Å². The summed E-state index contributed by atoms with van der Waals surface area (Å²) in [4.78, 5) is 10.8. The van der Waals surface area contributed by atoms with Gasteiger partial charge >= 0.3 is 14.8 Å². The zero-order valence-electron chi connectivity index (χ0n) is 7.99. The van der Waals surface area contributed by atoms with Gasteiger partial charge in [0.15, 0.2) is 6.29 Å². The number of aliphatic carboxylic acids is 1. The predicted molar refractivity (Wildman–Crippen MR) is 46.7 cm³/mol. The molecule has 7 nitrogen and oxygen atoms in total. The zero-order valence-corrected chi connectivity index (χ0v) is 8.99. The SMILES string of the molecule is C[Si]12OCC(C(=O)O)C(O)C(O1)C(O)O2. The van der Waals surface area contributed by atoms with E-state index in [1.54, 1.807) is 6.55 Å². The van der Waals surface area contributed by atoms with E-state index >= 15 is 0 Å². The molecular formula is C7H12O7Si. The molecule has 0 aromatic rings. The summed E-state index contributed by atoms with van der Waals surface area (Å²) in [5, 5.41) is 27.9. The molecule has 5 atom stereocenters. The normalized spacial score (nSPS) is 50.1. The highest BCUT2D eigenvalue weighted by atomic mass is 28.4. The highest BCUT2D eigenvalue weighted by Gasteiger charge is 2.57. The predicted octanol–water partition coefficient (Wildman–Crippen LogP) is -1.62. The van der Waals surface area contributed by atoms with E-state index in [2.05, 4.69) is 0 Å². The van der Waals surface area contributed by atoms with Gasteiger partial charge in [0.05, 0.1) is 12.7 Å². The van der Waals surface area contributed by atoms with Crippen molar-refractivity contribution in [1.29, 1.82) is 0 Å². The van der Waals surface area contributed by atoms with Gasteiger partial charge in [0.2, 0.25) is 0 Å². The Morgan fingerprint density at radius 3 is 2.67 bits per heavy atom.